The lowest BCUT2D eigenvalue weighted by atomic mass is 9.85. The summed E-state index contributed by atoms with van der Waals surface area (Å²) in [6.45, 7) is 2.37. The monoisotopic (exact) mass is 595 g/mol. The van der Waals surface area contributed by atoms with Gasteiger partial charge in [-0.15, -0.1) is 0 Å². The van der Waals surface area contributed by atoms with Gasteiger partial charge in [-0.1, -0.05) is 23.7 Å². The Kier molecular flexibility index (Phi) is 8.02. The van der Waals surface area contributed by atoms with Gasteiger partial charge in [0.2, 0.25) is 0 Å². The molecule has 1 aliphatic carbocycles. The van der Waals surface area contributed by atoms with Crippen LogP contribution in [0.1, 0.15) is 52.2 Å². The molecule has 0 atom stereocenters. The Balaban J connectivity index is 1.15. The maximum Gasteiger partial charge on any atom is 0.333 e. The molecule has 11 heteroatoms. The maximum absolute atomic E-state index is 13.8. The number of amides is 2. The average Bonchev–Trinajstić information content (AvgIpc) is 3.30. The second-order valence-electron chi connectivity index (χ2n) is 10.8. The first-order chi connectivity index (χ1) is 20.9. The minimum absolute atomic E-state index is 0.0561. The van der Waals surface area contributed by atoms with E-state index in [1.54, 1.807) is 60.4 Å². The van der Waals surface area contributed by atoms with Gasteiger partial charge in [-0.05, 0) is 81.0 Å². The third-order valence-corrected chi connectivity index (χ3v) is 8.14. The highest BCUT2D eigenvalue weighted by molar-refractivity contribution is 6.30. The highest BCUT2D eigenvalue weighted by Gasteiger charge is 2.26. The predicted molar refractivity (Wildman–Crippen MR) is 165 cm³/mol. The van der Waals surface area contributed by atoms with E-state index in [-0.39, 0.29) is 35.2 Å². The summed E-state index contributed by atoms with van der Waals surface area (Å²) in [7, 11) is 0. The molecule has 1 aromatic carbocycles. The summed E-state index contributed by atoms with van der Waals surface area (Å²) in [5, 5.41) is 6.35. The van der Waals surface area contributed by atoms with Crippen LogP contribution in [0.4, 0.5) is 5.69 Å². The highest BCUT2D eigenvalue weighted by atomic mass is 35.5. The van der Waals surface area contributed by atoms with Crippen LogP contribution in [0.5, 0.6) is 0 Å². The third kappa shape index (κ3) is 6.05. The number of benzene rings is 1. The zero-order valence-electron chi connectivity index (χ0n) is 23.5. The molecule has 43 heavy (non-hydrogen) atoms. The van der Waals surface area contributed by atoms with Crippen molar-refractivity contribution in [2.24, 2.45) is 5.92 Å². The van der Waals surface area contributed by atoms with Gasteiger partial charge in [0.25, 0.3) is 11.8 Å². The minimum Gasteiger partial charge on any atom is -0.349 e. The number of aromatic nitrogens is 5. The molecule has 2 N–H and O–H groups in total. The molecule has 5 aromatic rings. The average molecular weight is 596 g/mol. The molecular weight excluding hydrogens is 566 g/mol. The fraction of sp³-hybridized carbons (Fsp3) is 0.250. The van der Waals surface area contributed by atoms with Gasteiger partial charge < -0.3 is 10.6 Å². The van der Waals surface area contributed by atoms with Crippen molar-refractivity contribution in [3.8, 4) is 5.69 Å². The summed E-state index contributed by atoms with van der Waals surface area (Å²) in [5.41, 5.74) is 4.03. The quantitative estimate of drug-likeness (QED) is 0.267. The largest absolute Gasteiger partial charge is 0.349 e. The molecule has 0 aliphatic heterocycles. The minimum atomic E-state index is -0.348. The van der Waals surface area contributed by atoms with Crippen molar-refractivity contribution in [2.75, 3.05) is 5.32 Å². The van der Waals surface area contributed by atoms with Crippen LogP contribution in [-0.4, -0.2) is 41.9 Å². The van der Waals surface area contributed by atoms with Crippen molar-refractivity contribution in [3.63, 3.8) is 0 Å². The van der Waals surface area contributed by atoms with Crippen LogP contribution in [0.25, 0.3) is 16.7 Å². The molecule has 0 radical (unpaired) electrons. The van der Waals surface area contributed by atoms with Gasteiger partial charge in [-0.25, -0.2) is 9.78 Å². The molecule has 0 saturated heterocycles. The van der Waals surface area contributed by atoms with E-state index >= 15 is 0 Å². The van der Waals surface area contributed by atoms with Crippen LogP contribution in [0.2, 0.25) is 5.02 Å². The predicted octanol–water partition coefficient (Wildman–Crippen LogP) is 5.18. The molecule has 0 unspecified atom stereocenters. The first-order valence-corrected chi connectivity index (χ1v) is 14.6. The van der Waals surface area contributed by atoms with E-state index in [4.69, 9.17) is 11.6 Å². The molecule has 1 aliphatic rings. The summed E-state index contributed by atoms with van der Waals surface area (Å²) >= 11 is 6.05. The molecule has 4 heterocycles. The summed E-state index contributed by atoms with van der Waals surface area (Å²) in [6, 6.07) is 16.1. The Labute approximate surface area is 252 Å². The molecule has 4 aromatic heterocycles. The molecule has 0 bridgehead atoms. The van der Waals surface area contributed by atoms with Gasteiger partial charge in [0.05, 0.1) is 39.2 Å². The van der Waals surface area contributed by atoms with Gasteiger partial charge >= 0.3 is 5.69 Å². The van der Waals surface area contributed by atoms with Crippen molar-refractivity contribution >= 4 is 40.1 Å². The van der Waals surface area contributed by atoms with Gasteiger partial charge in [-0.2, -0.15) is 0 Å². The number of halogens is 1. The Morgan fingerprint density at radius 3 is 2.40 bits per heavy atom. The van der Waals surface area contributed by atoms with Crippen LogP contribution in [0.15, 0.2) is 84.2 Å². The van der Waals surface area contributed by atoms with Crippen molar-refractivity contribution in [2.45, 2.75) is 45.2 Å². The van der Waals surface area contributed by atoms with Crippen molar-refractivity contribution in [3.05, 3.63) is 112 Å². The van der Waals surface area contributed by atoms with Gasteiger partial charge in [-0.3, -0.25) is 28.7 Å². The smallest absolute Gasteiger partial charge is 0.333 e. The number of rotatable bonds is 7. The van der Waals surface area contributed by atoms with Crippen LogP contribution in [0.3, 0.4) is 0 Å². The summed E-state index contributed by atoms with van der Waals surface area (Å²) in [5.74, 6) is -0.222. The Morgan fingerprint density at radius 1 is 0.930 bits per heavy atom. The Morgan fingerprint density at radius 2 is 1.67 bits per heavy atom. The fourth-order valence-electron chi connectivity index (χ4n) is 5.67. The van der Waals surface area contributed by atoms with E-state index in [0.29, 0.717) is 34.2 Å². The highest BCUT2D eigenvalue weighted by Crippen LogP contribution is 2.28. The molecule has 218 valence electrons. The van der Waals surface area contributed by atoms with Gasteiger partial charge in [0, 0.05) is 36.9 Å². The number of nitrogens with one attached hydrogen (secondary N) is 2. The zero-order chi connectivity index (χ0) is 29.9. The second-order valence-corrected chi connectivity index (χ2v) is 11.2. The lowest BCUT2D eigenvalue weighted by Gasteiger charge is -2.29. The van der Waals surface area contributed by atoms with E-state index < -0.39 is 0 Å². The standard InChI is InChI=1S/C32H30ClN7O3/c1-20-26(16-22(33)17-35-20)30(41)37-23-8-6-21(7-9-23)19-39-28-4-2-3-5-29(28)40(32(39)43)25-10-11-27(36-18-25)31(42)38-24-12-14-34-15-13-24/h2-5,10-18,21,23H,6-9,19H2,1H3,(H,37,41)(H,34,38,42)/t21-,23-. The zero-order valence-corrected chi connectivity index (χ0v) is 24.3. The van der Waals surface area contributed by atoms with Crippen LogP contribution in [0, 0.1) is 12.8 Å². The first kappa shape index (κ1) is 28.3. The molecular formula is C32H30ClN7O3. The summed E-state index contributed by atoms with van der Waals surface area (Å²) in [6.07, 6.45) is 9.68. The third-order valence-electron chi connectivity index (χ3n) is 7.93. The number of hydrogen-bond donors (Lipinski definition) is 2. The SMILES string of the molecule is Cc1ncc(Cl)cc1C(=O)N[C@H]1CC[C@H](Cn2c(=O)n(-c3ccc(C(=O)Nc4ccncc4)nc3)c3ccccc32)CC1. The summed E-state index contributed by atoms with van der Waals surface area (Å²) in [4.78, 5) is 51.8. The number of carbonyl (C=O) groups excluding carboxylic acids is 2. The lowest BCUT2D eigenvalue weighted by Crippen LogP contribution is -2.39. The molecule has 1 fully saturated rings. The van der Waals surface area contributed by atoms with E-state index in [1.165, 1.54) is 6.20 Å². The van der Waals surface area contributed by atoms with Crippen LogP contribution in [-0.2, 0) is 6.54 Å². The molecule has 0 spiro atoms. The number of hydrogen-bond acceptors (Lipinski definition) is 6. The number of pyridine rings is 3. The number of nitrogens with zero attached hydrogens (tertiary/aromatic N) is 5. The first-order valence-electron chi connectivity index (χ1n) is 14.2. The van der Waals surface area contributed by atoms with Crippen LogP contribution >= 0.6 is 11.6 Å². The lowest BCUT2D eigenvalue weighted by molar-refractivity contribution is 0.0918. The normalized spacial score (nSPS) is 16.6. The molecule has 10 nitrogen and oxygen atoms in total. The number of carbonyl (C=O) groups is 2. The Bertz CT molecular complexity index is 1840. The Hall–Kier alpha value is -4.83. The number of fused-ring (bicyclic) bond motifs is 1. The number of para-hydroxylation sites is 2. The van der Waals surface area contributed by atoms with E-state index in [0.717, 1.165) is 36.7 Å². The second kappa shape index (κ2) is 12.2. The van der Waals surface area contributed by atoms with Gasteiger partial charge in [0.15, 0.2) is 0 Å². The molecule has 1 saturated carbocycles. The van der Waals surface area contributed by atoms with E-state index in [9.17, 15) is 14.4 Å². The van der Waals surface area contributed by atoms with Crippen molar-refractivity contribution < 1.29 is 9.59 Å². The molecule has 2 amide bonds. The van der Waals surface area contributed by atoms with E-state index in [2.05, 4.69) is 25.6 Å². The summed E-state index contributed by atoms with van der Waals surface area (Å²) < 4.78 is 3.46. The van der Waals surface area contributed by atoms with Gasteiger partial charge in [0.1, 0.15) is 5.69 Å². The topological polar surface area (TPSA) is 124 Å². The van der Waals surface area contributed by atoms with Crippen LogP contribution < -0.4 is 16.3 Å². The van der Waals surface area contributed by atoms with E-state index in [1.807, 2.05) is 28.8 Å². The van der Waals surface area contributed by atoms with Crippen molar-refractivity contribution in [1.29, 1.82) is 0 Å². The number of aryl methyl sites for hydroxylation is 1. The maximum atomic E-state index is 13.8. The number of anilines is 1. The van der Waals surface area contributed by atoms with Crippen molar-refractivity contribution in [1.82, 2.24) is 29.4 Å². The molecule has 6 rings (SSSR count). The number of imidazole rings is 1. The fourth-order valence-corrected chi connectivity index (χ4v) is 5.82.